The molecule has 0 saturated heterocycles. The fourth-order valence-electron chi connectivity index (χ4n) is 1.98. The monoisotopic (exact) mass is 312 g/mol. The minimum Gasteiger partial charge on any atom is -0.478 e. The molecule has 21 heavy (non-hydrogen) atoms. The predicted octanol–water partition coefficient (Wildman–Crippen LogP) is 0.770. The van der Waals surface area contributed by atoms with Crippen molar-refractivity contribution in [3.8, 4) is 0 Å². The van der Waals surface area contributed by atoms with Crippen molar-refractivity contribution in [3.05, 3.63) is 35.6 Å². The number of para-hydroxylation sites is 1. The lowest BCUT2D eigenvalue weighted by atomic mass is 10.1. The highest BCUT2D eigenvalue weighted by molar-refractivity contribution is 7.88. The molecule has 1 aromatic carbocycles. The van der Waals surface area contributed by atoms with Crippen LogP contribution >= 0.6 is 0 Å². The first-order chi connectivity index (χ1) is 9.88. The Balaban J connectivity index is 2.05. The van der Waals surface area contributed by atoms with Crippen molar-refractivity contribution in [1.29, 1.82) is 0 Å². The molecule has 0 radical (unpaired) electrons. The number of rotatable bonds is 7. The van der Waals surface area contributed by atoms with Gasteiger partial charge in [-0.2, -0.15) is 0 Å². The van der Waals surface area contributed by atoms with Gasteiger partial charge in [0.05, 0.1) is 12.8 Å². The Morgan fingerprint density at radius 3 is 2.67 bits per heavy atom. The number of furan rings is 1. The molecule has 7 nitrogen and oxygen atoms in total. The third kappa shape index (κ3) is 4.03. The topological polar surface area (TPSA) is 109 Å². The molecule has 0 aliphatic carbocycles. The van der Waals surface area contributed by atoms with E-state index >= 15 is 0 Å². The standard InChI is InChI=1S/C13H16N2O5S/c1-21(18,19)15-7-6-14-8-11-12(13(16)17)9-4-2-3-5-10(9)20-11/h2-5,14-15H,6-8H2,1H3,(H,16,17). The largest absolute Gasteiger partial charge is 0.478 e. The Labute approximate surface area is 122 Å². The van der Waals surface area contributed by atoms with E-state index in [2.05, 4.69) is 10.0 Å². The predicted molar refractivity (Wildman–Crippen MR) is 77.7 cm³/mol. The summed E-state index contributed by atoms with van der Waals surface area (Å²) < 4.78 is 29.6. The highest BCUT2D eigenvalue weighted by atomic mass is 32.2. The van der Waals surface area contributed by atoms with Crippen LogP contribution in [0.4, 0.5) is 0 Å². The Bertz CT molecular complexity index is 751. The Morgan fingerprint density at radius 1 is 1.29 bits per heavy atom. The molecule has 0 saturated carbocycles. The maximum Gasteiger partial charge on any atom is 0.339 e. The number of hydrogen-bond acceptors (Lipinski definition) is 5. The second-order valence-electron chi connectivity index (χ2n) is 4.54. The summed E-state index contributed by atoms with van der Waals surface area (Å²) in [5, 5.41) is 12.8. The number of aromatic carboxylic acids is 1. The molecule has 0 amide bonds. The molecule has 0 aliphatic rings. The van der Waals surface area contributed by atoms with Crippen LogP contribution in [0.25, 0.3) is 11.0 Å². The van der Waals surface area contributed by atoms with Gasteiger partial charge in [-0.25, -0.2) is 17.9 Å². The van der Waals surface area contributed by atoms with Gasteiger partial charge in [-0.15, -0.1) is 0 Å². The van der Waals surface area contributed by atoms with Gasteiger partial charge < -0.3 is 14.8 Å². The van der Waals surface area contributed by atoms with Gasteiger partial charge in [-0.3, -0.25) is 0 Å². The Hall–Kier alpha value is -1.90. The van der Waals surface area contributed by atoms with Crippen LogP contribution in [0.2, 0.25) is 0 Å². The first kappa shape index (κ1) is 15.5. The lowest BCUT2D eigenvalue weighted by Gasteiger charge is -2.04. The van der Waals surface area contributed by atoms with Crippen molar-refractivity contribution in [2.24, 2.45) is 0 Å². The highest BCUT2D eigenvalue weighted by Crippen LogP contribution is 2.25. The molecular weight excluding hydrogens is 296 g/mol. The first-order valence-corrected chi connectivity index (χ1v) is 8.16. The third-order valence-electron chi connectivity index (χ3n) is 2.83. The van der Waals surface area contributed by atoms with Gasteiger partial charge in [0.2, 0.25) is 10.0 Å². The zero-order chi connectivity index (χ0) is 15.5. The Morgan fingerprint density at radius 2 is 2.00 bits per heavy atom. The van der Waals surface area contributed by atoms with Crippen LogP contribution in [-0.4, -0.2) is 38.8 Å². The zero-order valence-corrected chi connectivity index (χ0v) is 12.2. The van der Waals surface area contributed by atoms with Crippen molar-refractivity contribution < 1.29 is 22.7 Å². The molecule has 0 aliphatic heterocycles. The van der Waals surface area contributed by atoms with E-state index < -0.39 is 16.0 Å². The molecule has 8 heteroatoms. The molecular formula is C13H16N2O5S. The van der Waals surface area contributed by atoms with E-state index in [4.69, 9.17) is 4.42 Å². The first-order valence-electron chi connectivity index (χ1n) is 6.27. The maximum atomic E-state index is 11.3. The van der Waals surface area contributed by atoms with Crippen LogP contribution < -0.4 is 10.0 Å². The number of nitrogens with one attached hydrogen (secondary N) is 2. The molecule has 3 N–H and O–H groups in total. The van der Waals surface area contributed by atoms with E-state index in [0.29, 0.717) is 23.3 Å². The summed E-state index contributed by atoms with van der Waals surface area (Å²) in [5.74, 6) is -0.728. The molecule has 0 atom stereocenters. The zero-order valence-electron chi connectivity index (χ0n) is 11.4. The average Bonchev–Trinajstić information content (AvgIpc) is 2.75. The van der Waals surface area contributed by atoms with Gasteiger partial charge in [0.1, 0.15) is 16.9 Å². The van der Waals surface area contributed by atoms with Gasteiger partial charge in [-0.05, 0) is 6.07 Å². The van der Waals surface area contributed by atoms with Gasteiger partial charge in [-0.1, -0.05) is 18.2 Å². The van der Waals surface area contributed by atoms with Crippen molar-refractivity contribution in [2.75, 3.05) is 19.3 Å². The van der Waals surface area contributed by atoms with Crippen LogP contribution in [0.3, 0.4) is 0 Å². The van der Waals surface area contributed by atoms with Crippen molar-refractivity contribution in [2.45, 2.75) is 6.54 Å². The van der Waals surface area contributed by atoms with E-state index in [0.717, 1.165) is 6.26 Å². The molecule has 2 aromatic rings. The van der Waals surface area contributed by atoms with E-state index in [-0.39, 0.29) is 18.7 Å². The molecule has 0 unspecified atom stereocenters. The molecule has 1 aromatic heterocycles. The minimum absolute atomic E-state index is 0.133. The van der Waals surface area contributed by atoms with E-state index in [1.165, 1.54) is 0 Å². The maximum absolute atomic E-state index is 11.3. The number of benzene rings is 1. The summed E-state index contributed by atoms with van der Waals surface area (Å²) >= 11 is 0. The minimum atomic E-state index is -3.22. The van der Waals surface area contributed by atoms with Crippen LogP contribution in [0, 0.1) is 0 Å². The number of sulfonamides is 1. The van der Waals surface area contributed by atoms with Crippen molar-refractivity contribution in [1.82, 2.24) is 10.0 Å². The van der Waals surface area contributed by atoms with Crippen LogP contribution in [0.5, 0.6) is 0 Å². The van der Waals surface area contributed by atoms with Gasteiger partial charge in [0.25, 0.3) is 0 Å². The van der Waals surface area contributed by atoms with E-state index in [1.54, 1.807) is 24.3 Å². The van der Waals surface area contributed by atoms with Crippen molar-refractivity contribution in [3.63, 3.8) is 0 Å². The number of fused-ring (bicyclic) bond motifs is 1. The number of hydrogen-bond donors (Lipinski definition) is 3. The molecule has 0 spiro atoms. The van der Waals surface area contributed by atoms with Gasteiger partial charge in [0, 0.05) is 18.5 Å². The smallest absolute Gasteiger partial charge is 0.339 e. The second-order valence-corrected chi connectivity index (χ2v) is 6.38. The molecule has 1 heterocycles. The van der Waals surface area contributed by atoms with Crippen LogP contribution in [0.15, 0.2) is 28.7 Å². The summed E-state index contributed by atoms with van der Waals surface area (Å²) in [6.07, 6.45) is 1.08. The fraction of sp³-hybridized carbons (Fsp3) is 0.308. The fourth-order valence-corrected chi connectivity index (χ4v) is 2.45. The second kappa shape index (κ2) is 6.25. The summed E-state index contributed by atoms with van der Waals surface area (Å²) in [6.45, 7) is 0.798. The molecule has 0 fully saturated rings. The average molecular weight is 312 g/mol. The summed E-state index contributed by atoms with van der Waals surface area (Å²) in [6, 6.07) is 6.91. The number of carboxylic acid groups (broad SMARTS) is 1. The molecule has 0 bridgehead atoms. The van der Waals surface area contributed by atoms with E-state index in [1.807, 2.05) is 0 Å². The van der Waals surface area contributed by atoms with Crippen molar-refractivity contribution >= 4 is 27.0 Å². The third-order valence-corrected chi connectivity index (χ3v) is 3.56. The number of carboxylic acids is 1. The van der Waals surface area contributed by atoms with Crippen LogP contribution in [-0.2, 0) is 16.6 Å². The van der Waals surface area contributed by atoms with Crippen LogP contribution in [0.1, 0.15) is 16.1 Å². The quantitative estimate of drug-likeness (QED) is 0.652. The molecule has 2 rings (SSSR count). The summed E-state index contributed by atoms with van der Waals surface area (Å²) in [5.41, 5.74) is 0.648. The highest BCUT2D eigenvalue weighted by Gasteiger charge is 2.19. The van der Waals surface area contributed by atoms with Gasteiger partial charge >= 0.3 is 5.97 Å². The Kier molecular flexibility index (Phi) is 4.61. The van der Waals surface area contributed by atoms with E-state index in [9.17, 15) is 18.3 Å². The lowest BCUT2D eigenvalue weighted by Crippen LogP contribution is -2.30. The lowest BCUT2D eigenvalue weighted by molar-refractivity contribution is 0.0696. The van der Waals surface area contributed by atoms with Gasteiger partial charge in [0.15, 0.2) is 0 Å². The molecule has 114 valence electrons. The summed E-state index contributed by atoms with van der Waals surface area (Å²) in [7, 11) is -3.22. The SMILES string of the molecule is CS(=O)(=O)NCCNCc1oc2ccccc2c1C(=O)O. The summed E-state index contributed by atoms with van der Waals surface area (Å²) in [4.78, 5) is 11.3. The normalized spacial score (nSPS) is 11.9. The number of carbonyl (C=O) groups is 1.